The van der Waals surface area contributed by atoms with E-state index in [1.807, 2.05) is 0 Å². The number of halogens is 2. The standard InChI is InChI=1S/C13H17F2NO/c1-3-4-5-17-13-11(14)7-10(6-9(2)16)8-12(13)15/h3,7-9H,1,4-6,16H2,2H3. The summed E-state index contributed by atoms with van der Waals surface area (Å²) < 4.78 is 32.1. The van der Waals surface area contributed by atoms with E-state index in [0.717, 1.165) is 0 Å². The van der Waals surface area contributed by atoms with Gasteiger partial charge in [0.25, 0.3) is 0 Å². The normalized spacial score (nSPS) is 12.2. The van der Waals surface area contributed by atoms with Crippen molar-refractivity contribution in [2.75, 3.05) is 6.61 Å². The van der Waals surface area contributed by atoms with E-state index in [1.54, 1.807) is 13.0 Å². The predicted octanol–water partition coefficient (Wildman–Crippen LogP) is 2.81. The summed E-state index contributed by atoms with van der Waals surface area (Å²) in [6, 6.07) is 2.38. The number of nitrogens with two attached hydrogens (primary N) is 1. The topological polar surface area (TPSA) is 35.2 Å². The number of hydrogen-bond donors (Lipinski definition) is 1. The molecule has 1 unspecified atom stereocenters. The highest BCUT2D eigenvalue weighted by molar-refractivity contribution is 5.31. The first-order valence-electron chi connectivity index (χ1n) is 5.51. The molecule has 0 aliphatic rings. The number of hydrogen-bond acceptors (Lipinski definition) is 2. The van der Waals surface area contributed by atoms with Gasteiger partial charge in [-0.2, -0.15) is 0 Å². The van der Waals surface area contributed by atoms with Crippen molar-refractivity contribution in [3.05, 3.63) is 42.0 Å². The number of rotatable bonds is 6. The maximum atomic E-state index is 13.6. The number of benzene rings is 1. The second kappa shape index (κ2) is 6.35. The van der Waals surface area contributed by atoms with Crippen LogP contribution in [0.15, 0.2) is 24.8 Å². The SMILES string of the molecule is C=CCCOc1c(F)cc(CC(C)N)cc1F. The highest BCUT2D eigenvalue weighted by Gasteiger charge is 2.13. The molecule has 1 aromatic rings. The third kappa shape index (κ3) is 4.15. The third-order valence-corrected chi connectivity index (χ3v) is 2.18. The zero-order valence-corrected chi connectivity index (χ0v) is 9.88. The summed E-state index contributed by atoms with van der Waals surface area (Å²) in [4.78, 5) is 0. The molecule has 0 saturated carbocycles. The summed E-state index contributed by atoms with van der Waals surface area (Å²) in [5, 5.41) is 0. The molecular weight excluding hydrogens is 224 g/mol. The van der Waals surface area contributed by atoms with Crippen LogP contribution in [-0.2, 0) is 6.42 Å². The van der Waals surface area contributed by atoms with Gasteiger partial charge in [-0.1, -0.05) is 6.08 Å². The Bertz CT molecular complexity index is 368. The largest absolute Gasteiger partial charge is 0.487 e. The van der Waals surface area contributed by atoms with E-state index in [0.29, 0.717) is 18.4 Å². The van der Waals surface area contributed by atoms with Gasteiger partial charge >= 0.3 is 0 Å². The van der Waals surface area contributed by atoms with Gasteiger partial charge in [0.1, 0.15) is 0 Å². The van der Waals surface area contributed by atoms with Crippen molar-refractivity contribution < 1.29 is 13.5 Å². The van der Waals surface area contributed by atoms with Gasteiger partial charge in [-0.25, -0.2) is 8.78 Å². The minimum atomic E-state index is -0.690. The summed E-state index contributed by atoms with van der Waals surface area (Å²) in [6.45, 7) is 5.50. The maximum Gasteiger partial charge on any atom is 0.190 e. The molecule has 0 fully saturated rings. The fourth-order valence-corrected chi connectivity index (χ4v) is 1.48. The van der Waals surface area contributed by atoms with Crippen LogP contribution in [0.4, 0.5) is 8.78 Å². The lowest BCUT2D eigenvalue weighted by atomic mass is 10.1. The average molecular weight is 241 g/mol. The lowest BCUT2D eigenvalue weighted by molar-refractivity contribution is 0.290. The Labute approximate surface area is 100 Å². The van der Waals surface area contributed by atoms with Crippen LogP contribution in [0.25, 0.3) is 0 Å². The summed E-state index contributed by atoms with van der Waals surface area (Å²) >= 11 is 0. The van der Waals surface area contributed by atoms with Crippen molar-refractivity contribution in [2.24, 2.45) is 5.73 Å². The van der Waals surface area contributed by atoms with Gasteiger partial charge in [-0.05, 0) is 37.5 Å². The average Bonchev–Trinajstić information content (AvgIpc) is 2.21. The van der Waals surface area contributed by atoms with Crippen molar-refractivity contribution in [3.8, 4) is 5.75 Å². The first kappa shape index (κ1) is 13.6. The molecule has 17 heavy (non-hydrogen) atoms. The summed E-state index contributed by atoms with van der Waals surface area (Å²) in [7, 11) is 0. The van der Waals surface area contributed by atoms with Crippen LogP contribution in [-0.4, -0.2) is 12.6 Å². The van der Waals surface area contributed by atoms with Gasteiger partial charge in [0.15, 0.2) is 17.4 Å². The van der Waals surface area contributed by atoms with Crippen molar-refractivity contribution in [1.29, 1.82) is 0 Å². The molecule has 2 N–H and O–H groups in total. The fourth-order valence-electron chi connectivity index (χ4n) is 1.48. The van der Waals surface area contributed by atoms with Gasteiger partial charge in [-0.15, -0.1) is 6.58 Å². The Balaban J connectivity index is 2.82. The monoisotopic (exact) mass is 241 g/mol. The van der Waals surface area contributed by atoms with Gasteiger partial charge in [0.2, 0.25) is 0 Å². The van der Waals surface area contributed by atoms with Crippen molar-refractivity contribution in [3.63, 3.8) is 0 Å². The molecule has 1 rings (SSSR count). The highest BCUT2D eigenvalue weighted by Crippen LogP contribution is 2.24. The van der Waals surface area contributed by atoms with Crippen LogP contribution in [0.1, 0.15) is 18.9 Å². The molecule has 4 heteroatoms. The van der Waals surface area contributed by atoms with Crippen LogP contribution < -0.4 is 10.5 Å². The van der Waals surface area contributed by atoms with Gasteiger partial charge in [0, 0.05) is 6.04 Å². The van der Waals surface area contributed by atoms with Crippen LogP contribution in [0.5, 0.6) is 5.75 Å². The molecule has 2 nitrogen and oxygen atoms in total. The molecule has 0 aliphatic heterocycles. The molecule has 1 atom stereocenters. The molecule has 0 radical (unpaired) electrons. The molecule has 0 amide bonds. The molecule has 0 heterocycles. The van der Waals surface area contributed by atoms with Gasteiger partial charge < -0.3 is 10.5 Å². The summed E-state index contributed by atoms with van der Waals surface area (Å²) in [5.74, 6) is -1.71. The summed E-state index contributed by atoms with van der Waals surface area (Å²) in [6.07, 6.45) is 2.60. The second-order valence-corrected chi connectivity index (χ2v) is 4.00. The zero-order chi connectivity index (χ0) is 12.8. The van der Waals surface area contributed by atoms with Crippen molar-refractivity contribution in [2.45, 2.75) is 25.8 Å². The molecule has 0 bridgehead atoms. The van der Waals surface area contributed by atoms with Crippen LogP contribution in [0.3, 0.4) is 0 Å². The Morgan fingerprint density at radius 1 is 1.41 bits per heavy atom. The van der Waals surface area contributed by atoms with Crippen molar-refractivity contribution in [1.82, 2.24) is 0 Å². The molecule has 94 valence electrons. The Morgan fingerprint density at radius 3 is 2.47 bits per heavy atom. The van der Waals surface area contributed by atoms with E-state index in [2.05, 4.69) is 6.58 Å². The van der Waals surface area contributed by atoms with E-state index < -0.39 is 11.6 Å². The molecule has 0 saturated heterocycles. The lowest BCUT2D eigenvalue weighted by Gasteiger charge is -2.10. The first-order valence-corrected chi connectivity index (χ1v) is 5.51. The second-order valence-electron chi connectivity index (χ2n) is 4.00. The highest BCUT2D eigenvalue weighted by atomic mass is 19.1. The molecular formula is C13H17F2NO. The Hall–Kier alpha value is -1.42. The Kier molecular flexibility index (Phi) is 5.10. The summed E-state index contributed by atoms with van der Waals surface area (Å²) in [5.41, 5.74) is 6.11. The number of ether oxygens (including phenoxy) is 1. The van der Waals surface area contributed by atoms with Crippen LogP contribution >= 0.6 is 0 Å². The van der Waals surface area contributed by atoms with E-state index in [1.165, 1.54) is 12.1 Å². The van der Waals surface area contributed by atoms with Gasteiger partial charge in [-0.3, -0.25) is 0 Å². The Morgan fingerprint density at radius 2 is 2.00 bits per heavy atom. The van der Waals surface area contributed by atoms with E-state index in [9.17, 15) is 8.78 Å². The maximum absolute atomic E-state index is 13.6. The minimum absolute atomic E-state index is 0.138. The molecule has 1 aromatic carbocycles. The van der Waals surface area contributed by atoms with Crippen LogP contribution in [0, 0.1) is 11.6 Å². The first-order chi connectivity index (χ1) is 8.04. The van der Waals surface area contributed by atoms with E-state index in [4.69, 9.17) is 10.5 Å². The lowest BCUT2D eigenvalue weighted by Crippen LogP contribution is -2.18. The fraction of sp³-hybridized carbons (Fsp3) is 0.385. The van der Waals surface area contributed by atoms with E-state index in [-0.39, 0.29) is 18.4 Å². The van der Waals surface area contributed by atoms with Crippen LogP contribution in [0.2, 0.25) is 0 Å². The zero-order valence-electron chi connectivity index (χ0n) is 9.88. The molecule has 0 aromatic heterocycles. The quantitative estimate of drug-likeness (QED) is 0.614. The smallest absolute Gasteiger partial charge is 0.190 e. The van der Waals surface area contributed by atoms with Gasteiger partial charge in [0.05, 0.1) is 6.61 Å². The van der Waals surface area contributed by atoms with Crippen molar-refractivity contribution >= 4 is 0 Å². The minimum Gasteiger partial charge on any atom is -0.487 e. The van der Waals surface area contributed by atoms with E-state index >= 15 is 0 Å². The third-order valence-electron chi connectivity index (χ3n) is 2.18. The molecule has 0 aliphatic carbocycles. The molecule has 0 spiro atoms. The predicted molar refractivity (Wildman–Crippen MR) is 64.0 cm³/mol.